The van der Waals surface area contributed by atoms with Crippen LogP contribution >= 0.6 is 11.6 Å². The second-order valence-corrected chi connectivity index (χ2v) is 3.85. The molecule has 6 nitrogen and oxygen atoms in total. The first-order valence-corrected chi connectivity index (χ1v) is 5.95. The van der Waals surface area contributed by atoms with Crippen molar-refractivity contribution in [1.82, 2.24) is 19.1 Å². The molecule has 0 bridgehead atoms. The maximum atomic E-state index is 11.8. The third kappa shape index (κ3) is 1.68. The average molecular weight is 257 g/mol. The molecule has 0 aromatic carbocycles. The van der Waals surface area contributed by atoms with Gasteiger partial charge in [0.1, 0.15) is 5.82 Å². The highest BCUT2D eigenvalue weighted by atomic mass is 35.5. The number of aromatic amines is 1. The van der Waals surface area contributed by atoms with E-state index in [2.05, 4.69) is 9.97 Å². The topological polar surface area (TPSA) is 72.7 Å². The maximum Gasteiger partial charge on any atom is 0.330 e. The lowest BCUT2D eigenvalue weighted by atomic mass is 10.5. The second kappa shape index (κ2) is 4.37. The standard InChI is InChI=1S/C10H13ClN4O2/c1-3-14-6(5-11)12-8-7(14)9(16)13-10(17)15(8)4-2/h3-5H2,1-2H3,(H,13,16,17). The zero-order valence-electron chi connectivity index (χ0n) is 9.66. The molecule has 0 aliphatic heterocycles. The number of H-pyrrole nitrogens is 1. The summed E-state index contributed by atoms with van der Waals surface area (Å²) in [4.78, 5) is 30.0. The van der Waals surface area contributed by atoms with Crippen LogP contribution in [0.25, 0.3) is 11.2 Å². The third-order valence-corrected chi connectivity index (χ3v) is 2.96. The summed E-state index contributed by atoms with van der Waals surface area (Å²) in [7, 11) is 0. The van der Waals surface area contributed by atoms with Crippen LogP contribution < -0.4 is 11.2 Å². The zero-order chi connectivity index (χ0) is 12.6. The molecule has 0 saturated heterocycles. The Labute approximate surface area is 102 Å². The number of hydrogen-bond donors (Lipinski definition) is 1. The minimum atomic E-state index is -0.438. The molecule has 7 heteroatoms. The molecule has 0 amide bonds. The van der Waals surface area contributed by atoms with Crippen LogP contribution in [0.1, 0.15) is 19.7 Å². The third-order valence-electron chi connectivity index (χ3n) is 2.72. The van der Waals surface area contributed by atoms with Gasteiger partial charge in [-0.15, -0.1) is 11.6 Å². The van der Waals surface area contributed by atoms with E-state index in [-0.39, 0.29) is 5.88 Å². The van der Waals surface area contributed by atoms with Gasteiger partial charge in [0.15, 0.2) is 11.2 Å². The van der Waals surface area contributed by atoms with Crippen molar-refractivity contribution in [2.75, 3.05) is 0 Å². The molecule has 0 radical (unpaired) electrons. The number of hydrogen-bond acceptors (Lipinski definition) is 3. The lowest BCUT2D eigenvalue weighted by Gasteiger charge is -2.03. The first-order chi connectivity index (χ1) is 8.13. The highest BCUT2D eigenvalue weighted by Crippen LogP contribution is 2.12. The van der Waals surface area contributed by atoms with E-state index in [0.29, 0.717) is 30.1 Å². The van der Waals surface area contributed by atoms with E-state index in [1.54, 1.807) is 4.57 Å². The van der Waals surface area contributed by atoms with E-state index >= 15 is 0 Å². The van der Waals surface area contributed by atoms with Gasteiger partial charge in [0, 0.05) is 13.1 Å². The van der Waals surface area contributed by atoms with Gasteiger partial charge in [-0.2, -0.15) is 0 Å². The predicted octanol–water partition coefficient (Wildman–Crippen LogP) is 0.665. The lowest BCUT2D eigenvalue weighted by molar-refractivity contribution is 0.716. The van der Waals surface area contributed by atoms with Crippen LogP contribution in [-0.2, 0) is 19.0 Å². The molecule has 0 aliphatic rings. The number of aryl methyl sites for hydroxylation is 2. The van der Waals surface area contributed by atoms with Crippen molar-refractivity contribution in [2.45, 2.75) is 32.8 Å². The first-order valence-electron chi connectivity index (χ1n) is 5.42. The molecular formula is C10H13ClN4O2. The van der Waals surface area contributed by atoms with E-state index in [0.717, 1.165) is 0 Å². The molecule has 1 N–H and O–H groups in total. The molecule has 17 heavy (non-hydrogen) atoms. The van der Waals surface area contributed by atoms with Crippen LogP contribution in [0.5, 0.6) is 0 Å². The molecule has 0 spiro atoms. The summed E-state index contributed by atoms with van der Waals surface area (Å²) in [5.41, 5.74) is -0.0457. The molecule has 0 fully saturated rings. The van der Waals surface area contributed by atoms with Gasteiger partial charge in [0.25, 0.3) is 5.56 Å². The molecule has 2 rings (SSSR count). The van der Waals surface area contributed by atoms with E-state index in [4.69, 9.17) is 11.6 Å². The Balaban J connectivity index is 3.00. The van der Waals surface area contributed by atoms with Gasteiger partial charge in [-0.3, -0.25) is 14.3 Å². The fraction of sp³-hybridized carbons (Fsp3) is 0.500. The van der Waals surface area contributed by atoms with Crippen molar-refractivity contribution >= 4 is 22.8 Å². The first kappa shape index (κ1) is 11.9. The van der Waals surface area contributed by atoms with Crippen molar-refractivity contribution in [1.29, 1.82) is 0 Å². The van der Waals surface area contributed by atoms with Gasteiger partial charge in [0.2, 0.25) is 0 Å². The normalized spacial score (nSPS) is 11.2. The van der Waals surface area contributed by atoms with E-state index in [1.165, 1.54) is 4.57 Å². The largest absolute Gasteiger partial charge is 0.330 e. The SMILES string of the molecule is CCn1c(CCl)nc2c1c(=O)[nH]c(=O)n2CC. The van der Waals surface area contributed by atoms with E-state index in [9.17, 15) is 9.59 Å². The maximum absolute atomic E-state index is 11.8. The van der Waals surface area contributed by atoms with Crippen molar-refractivity contribution < 1.29 is 0 Å². The second-order valence-electron chi connectivity index (χ2n) is 3.58. The molecule has 2 aromatic heterocycles. The van der Waals surface area contributed by atoms with Crippen LogP contribution in [0.4, 0.5) is 0 Å². The Hall–Kier alpha value is -1.56. The number of nitrogens with zero attached hydrogens (tertiary/aromatic N) is 3. The summed E-state index contributed by atoms with van der Waals surface area (Å²) in [6.07, 6.45) is 0. The van der Waals surface area contributed by atoms with Crippen LogP contribution in [0.2, 0.25) is 0 Å². The van der Waals surface area contributed by atoms with Crippen molar-refractivity contribution in [2.24, 2.45) is 0 Å². The molecular weight excluding hydrogens is 244 g/mol. The fourth-order valence-electron chi connectivity index (χ4n) is 1.95. The predicted molar refractivity (Wildman–Crippen MR) is 65.5 cm³/mol. The van der Waals surface area contributed by atoms with Gasteiger partial charge in [0.05, 0.1) is 5.88 Å². The Morgan fingerprint density at radius 2 is 1.88 bits per heavy atom. The Bertz CT molecular complexity index is 667. The van der Waals surface area contributed by atoms with Gasteiger partial charge in [-0.25, -0.2) is 9.78 Å². The Kier molecular flexibility index (Phi) is 3.06. The van der Waals surface area contributed by atoms with Crippen LogP contribution in [-0.4, -0.2) is 19.1 Å². The van der Waals surface area contributed by atoms with Gasteiger partial charge in [-0.1, -0.05) is 0 Å². The molecule has 0 atom stereocenters. The summed E-state index contributed by atoms with van der Waals surface area (Å²) in [5.74, 6) is 0.808. The number of alkyl halides is 1. The Morgan fingerprint density at radius 3 is 2.41 bits per heavy atom. The minimum Gasteiger partial charge on any atom is -0.321 e. The number of aromatic nitrogens is 4. The molecule has 92 valence electrons. The summed E-state index contributed by atoms with van der Waals surface area (Å²) in [6, 6.07) is 0. The van der Waals surface area contributed by atoms with Crippen LogP contribution in [0.3, 0.4) is 0 Å². The minimum absolute atomic E-state index is 0.208. The van der Waals surface area contributed by atoms with Crippen LogP contribution in [0.15, 0.2) is 9.59 Å². The molecule has 2 heterocycles. The van der Waals surface area contributed by atoms with Crippen molar-refractivity contribution in [3.05, 3.63) is 26.7 Å². The summed E-state index contributed by atoms with van der Waals surface area (Å²) >= 11 is 5.79. The number of fused-ring (bicyclic) bond motifs is 1. The number of nitrogens with one attached hydrogen (secondary N) is 1. The highest BCUT2D eigenvalue weighted by Gasteiger charge is 2.16. The summed E-state index contributed by atoms with van der Waals surface area (Å²) < 4.78 is 3.16. The fourth-order valence-corrected chi connectivity index (χ4v) is 2.16. The van der Waals surface area contributed by atoms with Gasteiger partial charge < -0.3 is 4.57 Å². The highest BCUT2D eigenvalue weighted by molar-refractivity contribution is 6.16. The molecule has 0 saturated carbocycles. The van der Waals surface area contributed by atoms with Crippen LogP contribution in [0, 0.1) is 0 Å². The number of imidazole rings is 1. The van der Waals surface area contributed by atoms with Crippen molar-refractivity contribution in [3.63, 3.8) is 0 Å². The Morgan fingerprint density at radius 1 is 1.24 bits per heavy atom. The number of halogens is 1. The monoisotopic (exact) mass is 256 g/mol. The van der Waals surface area contributed by atoms with Gasteiger partial charge in [-0.05, 0) is 13.8 Å². The molecule has 0 unspecified atom stereocenters. The summed E-state index contributed by atoms with van der Waals surface area (Å²) in [5, 5.41) is 0. The average Bonchev–Trinajstić information content (AvgIpc) is 2.68. The van der Waals surface area contributed by atoms with Crippen molar-refractivity contribution in [3.8, 4) is 0 Å². The van der Waals surface area contributed by atoms with E-state index < -0.39 is 11.2 Å². The lowest BCUT2D eigenvalue weighted by Crippen LogP contribution is -2.30. The summed E-state index contributed by atoms with van der Waals surface area (Å²) in [6.45, 7) is 4.76. The van der Waals surface area contributed by atoms with E-state index in [1.807, 2.05) is 13.8 Å². The molecule has 2 aromatic rings. The zero-order valence-corrected chi connectivity index (χ0v) is 10.4. The smallest absolute Gasteiger partial charge is 0.321 e. The molecule has 0 aliphatic carbocycles. The quantitative estimate of drug-likeness (QED) is 0.820. The number of rotatable bonds is 3. The van der Waals surface area contributed by atoms with Gasteiger partial charge >= 0.3 is 5.69 Å².